The smallest absolute Gasteiger partial charge is 0.156 e. The Morgan fingerprint density at radius 3 is 2.60 bits per heavy atom. The molecule has 0 aliphatic carbocycles. The molecular weight excluding hydrogens is 146 g/mol. The maximum absolute atomic E-state index is 4.02. The van der Waals surface area contributed by atoms with Gasteiger partial charge in [0.05, 0.1) is 0 Å². The van der Waals surface area contributed by atoms with Gasteiger partial charge in [0.15, 0.2) is 5.17 Å². The Hall–Kier alpha value is -0.220. The molecule has 0 aromatic rings. The van der Waals surface area contributed by atoms with Crippen LogP contribution in [0.25, 0.3) is 0 Å². The molecule has 0 aliphatic heterocycles. The van der Waals surface area contributed by atoms with Crippen LogP contribution in [-0.2, 0) is 0 Å². The topological polar surface area (TPSA) is 36.4 Å². The van der Waals surface area contributed by atoms with E-state index < -0.39 is 0 Å². The summed E-state index contributed by atoms with van der Waals surface area (Å²) in [5.74, 6) is 1.06. The molecule has 0 atom stereocenters. The van der Waals surface area contributed by atoms with Crippen molar-refractivity contribution < 1.29 is 0 Å². The van der Waals surface area contributed by atoms with Crippen LogP contribution in [0.4, 0.5) is 0 Å². The Bertz CT molecular complexity index is 103. The van der Waals surface area contributed by atoms with Crippen LogP contribution in [0.1, 0.15) is 0 Å². The van der Waals surface area contributed by atoms with E-state index in [1.165, 1.54) is 0 Å². The van der Waals surface area contributed by atoms with Crippen molar-refractivity contribution in [3.8, 4) is 0 Å². The first-order chi connectivity index (χ1) is 4.85. The summed E-state index contributed by atoms with van der Waals surface area (Å²) in [4.78, 5) is 4.02. The average Bonchev–Trinajstić information content (AvgIpc) is 1.99. The SMILES string of the molecule is CN=C(NC)SCCNC. The first kappa shape index (κ1) is 9.78. The van der Waals surface area contributed by atoms with Gasteiger partial charge >= 0.3 is 0 Å². The van der Waals surface area contributed by atoms with Gasteiger partial charge < -0.3 is 10.6 Å². The minimum atomic E-state index is 0.996. The second-order valence-corrected chi connectivity index (χ2v) is 2.81. The average molecular weight is 161 g/mol. The molecule has 60 valence electrons. The van der Waals surface area contributed by atoms with Gasteiger partial charge in [-0.15, -0.1) is 0 Å². The molecule has 10 heavy (non-hydrogen) atoms. The van der Waals surface area contributed by atoms with Crippen LogP contribution in [0, 0.1) is 0 Å². The van der Waals surface area contributed by atoms with Gasteiger partial charge in [0.25, 0.3) is 0 Å². The Kier molecular flexibility index (Phi) is 6.74. The Morgan fingerprint density at radius 1 is 1.50 bits per heavy atom. The minimum Gasteiger partial charge on any atom is -0.368 e. The van der Waals surface area contributed by atoms with E-state index in [1.807, 2.05) is 14.1 Å². The highest BCUT2D eigenvalue weighted by atomic mass is 32.2. The van der Waals surface area contributed by atoms with Crippen LogP contribution >= 0.6 is 11.8 Å². The molecule has 0 spiro atoms. The first-order valence-corrected chi connectivity index (χ1v) is 4.25. The number of thioether (sulfide) groups is 1. The molecule has 2 N–H and O–H groups in total. The summed E-state index contributed by atoms with van der Waals surface area (Å²) in [5.41, 5.74) is 0. The molecule has 0 aliphatic rings. The van der Waals surface area contributed by atoms with E-state index in [-0.39, 0.29) is 0 Å². The lowest BCUT2D eigenvalue weighted by Crippen LogP contribution is -2.17. The van der Waals surface area contributed by atoms with Gasteiger partial charge in [-0.1, -0.05) is 11.8 Å². The van der Waals surface area contributed by atoms with Gasteiger partial charge in [-0.2, -0.15) is 0 Å². The maximum atomic E-state index is 4.02. The quantitative estimate of drug-likeness (QED) is 0.351. The van der Waals surface area contributed by atoms with Crippen LogP contribution in [0.2, 0.25) is 0 Å². The number of nitrogens with zero attached hydrogens (tertiary/aromatic N) is 1. The predicted molar refractivity (Wildman–Crippen MR) is 48.8 cm³/mol. The number of nitrogens with one attached hydrogen (secondary N) is 2. The third-order valence-electron chi connectivity index (χ3n) is 1.01. The van der Waals surface area contributed by atoms with Crippen LogP contribution in [0.5, 0.6) is 0 Å². The molecule has 0 saturated heterocycles. The van der Waals surface area contributed by atoms with Crippen molar-refractivity contribution in [2.75, 3.05) is 33.4 Å². The second-order valence-electron chi connectivity index (χ2n) is 1.73. The van der Waals surface area contributed by atoms with Crippen molar-refractivity contribution in [2.45, 2.75) is 0 Å². The molecule has 0 unspecified atom stereocenters. The van der Waals surface area contributed by atoms with E-state index in [0.717, 1.165) is 17.5 Å². The van der Waals surface area contributed by atoms with E-state index in [2.05, 4.69) is 15.6 Å². The van der Waals surface area contributed by atoms with Crippen LogP contribution < -0.4 is 10.6 Å². The van der Waals surface area contributed by atoms with Crippen LogP contribution in [0.15, 0.2) is 4.99 Å². The van der Waals surface area contributed by atoms with Gasteiger partial charge in [0, 0.05) is 26.4 Å². The molecule has 3 nitrogen and oxygen atoms in total. The second kappa shape index (κ2) is 6.89. The fraction of sp³-hybridized carbons (Fsp3) is 0.833. The van der Waals surface area contributed by atoms with Gasteiger partial charge in [-0.05, 0) is 7.05 Å². The fourth-order valence-corrected chi connectivity index (χ4v) is 1.27. The molecule has 0 fully saturated rings. The zero-order valence-corrected chi connectivity index (χ0v) is 7.59. The van der Waals surface area contributed by atoms with E-state index in [0.29, 0.717) is 0 Å². The molecule has 4 heteroatoms. The molecule has 0 amide bonds. The van der Waals surface area contributed by atoms with Crippen LogP contribution in [0.3, 0.4) is 0 Å². The number of hydrogen-bond acceptors (Lipinski definition) is 3. The molecule has 0 aromatic carbocycles. The van der Waals surface area contributed by atoms with E-state index >= 15 is 0 Å². The van der Waals surface area contributed by atoms with Crippen molar-refractivity contribution >= 4 is 16.9 Å². The molecule has 0 heterocycles. The van der Waals surface area contributed by atoms with E-state index in [4.69, 9.17) is 0 Å². The lowest BCUT2D eigenvalue weighted by Gasteiger charge is -2.02. The third kappa shape index (κ3) is 4.64. The lowest BCUT2D eigenvalue weighted by molar-refractivity contribution is 0.873. The molecule has 0 aromatic heterocycles. The first-order valence-electron chi connectivity index (χ1n) is 3.27. The molecule has 0 bridgehead atoms. The Morgan fingerprint density at radius 2 is 2.20 bits per heavy atom. The van der Waals surface area contributed by atoms with Crippen LogP contribution in [-0.4, -0.2) is 38.6 Å². The molecule has 0 rings (SSSR count). The van der Waals surface area contributed by atoms with Gasteiger partial charge in [0.2, 0.25) is 0 Å². The normalized spacial score (nSPS) is 11.7. The minimum absolute atomic E-state index is 0.996. The number of hydrogen-bond donors (Lipinski definition) is 2. The summed E-state index contributed by atoms with van der Waals surface area (Å²) in [6, 6.07) is 0. The highest BCUT2D eigenvalue weighted by Gasteiger charge is 1.92. The van der Waals surface area contributed by atoms with E-state index in [9.17, 15) is 0 Å². The highest BCUT2D eigenvalue weighted by Crippen LogP contribution is 1.98. The van der Waals surface area contributed by atoms with E-state index in [1.54, 1.807) is 18.8 Å². The van der Waals surface area contributed by atoms with Gasteiger partial charge in [-0.25, -0.2) is 0 Å². The van der Waals surface area contributed by atoms with Crippen molar-refractivity contribution in [1.82, 2.24) is 10.6 Å². The molecular formula is C6H15N3S. The summed E-state index contributed by atoms with van der Waals surface area (Å²) >= 11 is 1.72. The summed E-state index contributed by atoms with van der Waals surface area (Å²) in [6.07, 6.45) is 0. The number of aliphatic imine (C=N–C) groups is 1. The Balaban J connectivity index is 3.27. The standard InChI is InChI=1S/C6H15N3S/c1-7-4-5-10-6(8-2)9-3/h7H,4-5H2,1-3H3,(H,8,9). The van der Waals surface area contributed by atoms with Gasteiger partial charge in [0.1, 0.15) is 0 Å². The third-order valence-corrected chi connectivity index (χ3v) is 2.08. The Labute approximate surface area is 66.7 Å². The van der Waals surface area contributed by atoms with Crippen molar-refractivity contribution in [3.63, 3.8) is 0 Å². The molecule has 0 radical (unpaired) electrons. The summed E-state index contributed by atoms with van der Waals surface area (Å²) in [7, 11) is 5.62. The van der Waals surface area contributed by atoms with Crippen molar-refractivity contribution in [3.05, 3.63) is 0 Å². The summed E-state index contributed by atoms with van der Waals surface area (Å²) in [6.45, 7) is 1.02. The summed E-state index contributed by atoms with van der Waals surface area (Å²) in [5, 5.41) is 7.06. The zero-order valence-electron chi connectivity index (χ0n) is 6.77. The number of amidine groups is 1. The van der Waals surface area contributed by atoms with Crippen molar-refractivity contribution in [2.24, 2.45) is 4.99 Å². The zero-order chi connectivity index (χ0) is 7.82. The maximum Gasteiger partial charge on any atom is 0.156 e. The summed E-state index contributed by atoms with van der Waals surface area (Å²) < 4.78 is 0. The predicted octanol–water partition coefficient (Wildman–Crippen LogP) is 0.144. The largest absolute Gasteiger partial charge is 0.368 e. The number of rotatable bonds is 3. The van der Waals surface area contributed by atoms with Gasteiger partial charge in [-0.3, -0.25) is 4.99 Å². The lowest BCUT2D eigenvalue weighted by atomic mass is 10.8. The molecule has 0 saturated carbocycles. The highest BCUT2D eigenvalue weighted by molar-refractivity contribution is 8.13. The monoisotopic (exact) mass is 161 g/mol. The fourth-order valence-electron chi connectivity index (χ4n) is 0.498. The van der Waals surface area contributed by atoms with Crippen molar-refractivity contribution in [1.29, 1.82) is 0 Å².